The van der Waals surface area contributed by atoms with Gasteiger partial charge in [-0.15, -0.1) is 0 Å². The van der Waals surface area contributed by atoms with Gasteiger partial charge in [0.25, 0.3) is 0 Å². The number of aromatic nitrogens is 3. The number of halogens is 1. The van der Waals surface area contributed by atoms with Crippen molar-refractivity contribution in [3.05, 3.63) is 138 Å². The second-order valence-electron chi connectivity index (χ2n) is 11.0. The highest BCUT2D eigenvalue weighted by atomic mass is 35.5. The zero-order chi connectivity index (χ0) is 29.2. The van der Waals surface area contributed by atoms with Gasteiger partial charge in [-0.1, -0.05) is 103 Å². The van der Waals surface area contributed by atoms with E-state index >= 15 is 0 Å². The maximum Gasteiger partial charge on any atom is 0.164 e. The molecule has 0 aliphatic heterocycles. The fourth-order valence-corrected chi connectivity index (χ4v) is 6.38. The van der Waals surface area contributed by atoms with E-state index in [1.807, 2.05) is 66.7 Å². The molecule has 206 valence electrons. The highest BCUT2D eigenvalue weighted by Gasteiger charge is 2.16. The van der Waals surface area contributed by atoms with Gasteiger partial charge in [-0.25, -0.2) is 15.0 Å². The standard InChI is InChI=1S/C39H22ClN3O/c40-29-16-12-24-14-19-35-36(32(24)22-29)33-21-28(15-18-34(33)44-35)39-42-37(25-7-2-1-3-8-25)41-38(43-39)27-13-17-31-26(20-27)11-10-23-6-4-5-9-30(23)31/h1-22H. The van der Waals surface area contributed by atoms with Gasteiger partial charge in [0, 0.05) is 32.5 Å². The number of hydrogen-bond donors (Lipinski definition) is 0. The van der Waals surface area contributed by atoms with E-state index in [1.165, 1.54) is 16.2 Å². The molecule has 0 fully saturated rings. The van der Waals surface area contributed by atoms with E-state index in [-0.39, 0.29) is 0 Å². The Bertz CT molecular complexity index is 2570. The summed E-state index contributed by atoms with van der Waals surface area (Å²) in [6.45, 7) is 0. The van der Waals surface area contributed by atoms with E-state index in [4.69, 9.17) is 31.0 Å². The molecule has 0 N–H and O–H groups in total. The summed E-state index contributed by atoms with van der Waals surface area (Å²) in [5.41, 5.74) is 4.36. The van der Waals surface area contributed by atoms with Crippen molar-refractivity contribution < 1.29 is 4.42 Å². The van der Waals surface area contributed by atoms with Gasteiger partial charge in [0.05, 0.1) is 0 Å². The number of fused-ring (bicyclic) bond motifs is 8. The van der Waals surface area contributed by atoms with Crippen LogP contribution in [-0.4, -0.2) is 15.0 Å². The molecule has 2 aromatic heterocycles. The molecule has 4 nitrogen and oxygen atoms in total. The van der Waals surface area contributed by atoms with Crippen LogP contribution >= 0.6 is 11.6 Å². The molecule has 0 aliphatic rings. The molecule has 0 saturated carbocycles. The molecule has 5 heteroatoms. The number of rotatable bonds is 3. The first-order valence-corrected chi connectivity index (χ1v) is 14.8. The third kappa shape index (κ3) is 4.03. The Hall–Kier alpha value is -5.58. The van der Waals surface area contributed by atoms with E-state index in [9.17, 15) is 0 Å². The lowest BCUT2D eigenvalue weighted by atomic mass is 10.00. The van der Waals surface area contributed by atoms with Crippen molar-refractivity contribution in [2.45, 2.75) is 0 Å². The topological polar surface area (TPSA) is 51.8 Å². The van der Waals surface area contributed by atoms with Gasteiger partial charge < -0.3 is 4.42 Å². The lowest BCUT2D eigenvalue weighted by molar-refractivity contribution is 0.669. The first-order valence-electron chi connectivity index (χ1n) is 14.5. The van der Waals surface area contributed by atoms with Gasteiger partial charge in [-0.05, 0) is 74.8 Å². The van der Waals surface area contributed by atoms with Crippen LogP contribution < -0.4 is 0 Å². The first kappa shape index (κ1) is 25.0. The molecule has 0 saturated heterocycles. The summed E-state index contributed by atoms with van der Waals surface area (Å²) in [7, 11) is 0. The quantitative estimate of drug-likeness (QED) is 0.194. The van der Waals surface area contributed by atoms with Gasteiger partial charge >= 0.3 is 0 Å². The highest BCUT2D eigenvalue weighted by molar-refractivity contribution is 6.32. The summed E-state index contributed by atoms with van der Waals surface area (Å²) >= 11 is 6.42. The largest absolute Gasteiger partial charge is 0.456 e. The fourth-order valence-electron chi connectivity index (χ4n) is 6.21. The fraction of sp³-hybridized carbons (Fsp3) is 0. The average molecular weight is 584 g/mol. The van der Waals surface area contributed by atoms with Crippen LogP contribution in [0.2, 0.25) is 5.02 Å². The minimum Gasteiger partial charge on any atom is -0.456 e. The molecule has 0 spiro atoms. The predicted octanol–water partition coefficient (Wildman–Crippen LogP) is 10.9. The van der Waals surface area contributed by atoms with Crippen LogP contribution in [0.4, 0.5) is 0 Å². The minimum atomic E-state index is 0.599. The average Bonchev–Trinajstić information content (AvgIpc) is 3.46. The molecule has 0 atom stereocenters. The molecule has 44 heavy (non-hydrogen) atoms. The zero-order valence-electron chi connectivity index (χ0n) is 23.3. The molecule has 7 aromatic carbocycles. The Kier molecular flexibility index (Phi) is 5.52. The Morgan fingerprint density at radius 1 is 0.409 bits per heavy atom. The van der Waals surface area contributed by atoms with Crippen molar-refractivity contribution in [1.29, 1.82) is 0 Å². The van der Waals surface area contributed by atoms with E-state index in [0.717, 1.165) is 54.8 Å². The molecule has 0 bridgehead atoms. The number of furan rings is 1. The molecule has 2 heterocycles. The van der Waals surface area contributed by atoms with Crippen LogP contribution in [0.1, 0.15) is 0 Å². The normalized spacial score (nSPS) is 11.8. The van der Waals surface area contributed by atoms with Crippen molar-refractivity contribution >= 4 is 65.9 Å². The van der Waals surface area contributed by atoms with E-state index < -0.39 is 0 Å². The van der Waals surface area contributed by atoms with Gasteiger partial charge in [-0.2, -0.15) is 0 Å². The second kappa shape index (κ2) is 9.73. The summed E-state index contributed by atoms with van der Waals surface area (Å²) in [4.78, 5) is 15.0. The van der Waals surface area contributed by atoms with E-state index in [1.54, 1.807) is 0 Å². The Labute approximate surface area is 257 Å². The molecule has 0 radical (unpaired) electrons. The second-order valence-corrected chi connectivity index (χ2v) is 11.4. The van der Waals surface area contributed by atoms with Crippen molar-refractivity contribution in [2.75, 3.05) is 0 Å². The maximum absolute atomic E-state index is 6.42. The Morgan fingerprint density at radius 3 is 1.89 bits per heavy atom. The molecule has 0 unspecified atom stereocenters. The number of benzene rings is 7. The van der Waals surface area contributed by atoms with Crippen molar-refractivity contribution in [3.8, 4) is 34.2 Å². The van der Waals surface area contributed by atoms with Gasteiger partial charge in [-0.3, -0.25) is 0 Å². The van der Waals surface area contributed by atoms with E-state index in [0.29, 0.717) is 22.5 Å². The zero-order valence-corrected chi connectivity index (χ0v) is 24.1. The van der Waals surface area contributed by atoms with Crippen LogP contribution in [0.25, 0.3) is 88.4 Å². The van der Waals surface area contributed by atoms with Crippen molar-refractivity contribution in [3.63, 3.8) is 0 Å². The third-order valence-corrected chi connectivity index (χ3v) is 8.58. The summed E-state index contributed by atoms with van der Waals surface area (Å²) in [5, 5.41) is 9.66. The molecule has 0 amide bonds. The van der Waals surface area contributed by atoms with E-state index in [2.05, 4.69) is 66.7 Å². The summed E-state index contributed by atoms with van der Waals surface area (Å²) in [6, 6.07) is 45.4. The Morgan fingerprint density at radius 2 is 1.02 bits per heavy atom. The van der Waals surface area contributed by atoms with Gasteiger partial charge in [0.2, 0.25) is 0 Å². The third-order valence-electron chi connectivity index (χ3n) is 8.34. The maximum atomic E-state index is 6.42. The summed E-state index contributed by atoms with van der Waals surface area (Å²) < 4.78 is 6.25. The molecular weight excluding hydrogens is 562 g/mol. The van der Waals surface area contributed by atoms with Crippen molar-refractivity contribution in [1.82, 2.24) is 15.0 Å². The lowest BCUT2D eigenvalue weighted by Gasteiger charge is -2.10. The SMILES string of the molecule is Clc1ccc2ccc3oc4ccc(-c5nc(-c6ccccc6)nc(-c6ccc7c(ccc8ccccc87)c6)n5)cc4c3c2c1. The monoisotopic (exact) mass is 583 g/mol. The smallest absolute Gasteiger partial charge is 0.164 e. The summed E-state index contributed by atoms with van der Waals surface area (Å²) in [6.07, 6.45) is 0. The Balaban J connectivity index is 1.26. The van der Waals surface area contributed by atoms with Crippen molar-refractivity contribution in [2.24, 2.45) is 0 Å². The lowest BCUT2D eigenvalue weighted by Crippen LogP contribution is -2.00. The molecule has 0 aliphatic carbocycles. The van der Waals surface area contributed by atoms with Crippen LogP contribution in [0.5, 0.6) is 0 Å². The first-order chi connectivity index (χ1) is 21.7. The summed E-state index contributed by atoms with van der Waals surface area (Å²) in [5.74, 6) is 1.85. The number of hydrogen-bond acceptors (Lipinski definition) is 4. The molecule has 9 rings (SSSR count). The highest BCUT2D eigenvalue weighted by Crippen LogP contribution is 2.38. The van der Waals surface area contributed by atoms with Crippen LogP contribution in [0.3, 0.4) is 0 Å². The predicted molar refractivity (Wildman–Crippen MR) is 181 cm³/mol. The van der Waals surface area contributed by atoms with Crippen LogP contribution in [0, 0.1) is 0 Å². The van der Waals surface area contributed by atoms with Gasteiger partial charge in [0.1, 0.15) is 11.2 Å². The number of nitrogens with zero attached hydrogens (tertiary/aromatic N) is 3. The molecular formula is C39H22ClN3O. The van der Waals surface area contributed by atoms with Gasteiger partial charge in [0.15, 0.2) is 17.5 Å². The van der Waals surface area contributed by atoms with Crippen LogP contribution in [-0.2, 0) is 0 Å². The van der Waals surface area contributed by atoms with Crippen LogP contribution in [0.15, 0.2) is 138 Å². The minimum absolute atomic E-state index is 0.599. The molecule has 9 aromatic rings.